The number of carbonyl (C=O) groups is 2. The summed E-state index contributed by atoms with van der Waals surface area (Å²) >= 11 is 1.26. The van der Waals surface area contributed by atoms with Crippen molar-refractivity contribution in [2.24, 2.45) is 0 Å². The number of hydrogen-bond donors (Lipinski definition) is 1. The van der Waals surface area contributed by atoms with Crippen molar-refractivity contribution >= 4 is 33.9 Å². The van der Waals surface area contributed by atoms with Gasteiger partial charge in [-0.25, -0.2) is 4.98 Å². The molecule has 1 atom stereocenters. The third-order valence-electron chi connectivity index (χ3n) is 6.08. The van der Waals surface area contributed by atoms with Gasteiger partial charge in [-0.15, -0.1) is 11.3 Å². The van der Waals surface area contributed by atoms with Crippen molar-refractivity contribution in [1.29, 1.82) is 0 Å². The van der Waals surface area contributed by atoms with Crippen LogP contribution in [0.25, 0.3) is 5.76 Å². The Balaban J connectivity index is 1.48. The number of ketones is 1. The quantitative estimate of drug-likeness (QED) is 0.202. The van der Waals surface area contributed by atoms with Crippen LogP contribution in [0.15, 0.2) is 89.9 Å². The van der Waals surface area contributed by atoms with Gasteiger partial charge in [0, 0.05) is 17.1 Å². The second-order valence-electron chi connectivity index (χ2n) is 8.70. The fraction of sp³-hybridized carbons (Fsp3) is 0.138. The molecule has 1 aromatic heterocycles. The third kappa shape index (κ3) is 4.53. The molecule has 4 aromatic rings. The summed E-state index contributed by atoms with van der Waals surface area (Å²) in [5.41, 5.74) is 4.44. The first-order chi connectivity index (χ1) is 17.4. The molecule has 0 bridgehead atoms. The van der Waals surface area contributed by atoms with E-state index in [0.717, 1.165) is 22.3 Å². The molecule has 5 rings (SSSR count). The zero-order valence-corrected chi connectivity index (χ0v) is 20.7. The highest BCUT2D eigenvalue weighted by Crippen LogP contribution is 2.42. The molecule has 0 radical (unpaired) electrons. The van der Waals surface area contributed by atoms with Crippen LogP contribution in [-0.2, 0) is 16.2 Å². The molecule has 180 valence electrons. The number of carbonyl (C=O) groups excluding carboxylic acids is 2. The molecule has 1 aliphatic heterocycles. The molecule has 7 heteroatoms. The van der Waals surface area contributed by atoms with Crippen molar-refractivity contribution in [3.05, 3.63) is 118 Å². The maximum absolute atomic E-state index is 13.2. The number of ether oxygens (including phenoxy) is 1. The number of aliphatic hydroxyl groups is 1. The average molecular weight is 497 g/mol. The van der Waals surface area contributed by atoms with Gasteiger partial charge in [0.05, 0.1) is 11.6 Å². The number of rotatable bonds is 6. The summed E-state index contributed by atoms with van der Waals surface area (Å²) in [5, 5.41) is 13.4. The number of amides is 1. The molecule has 1 fully saturated rings. The van der Waals surface area contributed by atoms with Gasteiger partial charge in [-0.05, 0) is 49.2 Å². The zero-order valence-electron chi connectivity index (χ0n) is 19.8. The normalized spacial score (nSPS) is 16.9. The summed E-state index contributed by atoms with van der Waals surface area (Å²) in [6, 6.07) is 21.7. The molecule has 0 aliphatic carbocycles. The number of anilines is 1. The van der Waals surface area contributed by atoms with Gasteiger partial charge < -0.3 is 9.84 Å². The molecular weight excluding hydrogens is 472 g/mol. The molecule has 0 spiro atoms. The largest absolute Gasteiger partial charge is 0.507 e. The predicted octanol–water partition coefficient (Wildman–Crippen LogP) is 5.97. The van der Waals surface area contributed by atoms with Crippen LogP contribution in [0.3, 0.4) is 0 Å². The first kappa shape index (κ1) is 23.5. The van der Waals surface area contributed by atoms with E-state index in [1.54, 1.807) is 35.8 Å². The molecule has 36 heavy (non-hydrogen) atoms. The smallest absolute Gasteiger partial charge is 0.301 e. The van der Waals surface area contributed by atoms with Crippen LogP contribution < -0.4 is 9.64 Å². The van der Waals surface area contributed by atoms with Gasteiger partial charge in [0.15, 0.2) is 5.13 Å². The van der Waals surface area contributed by atoms with Crippen LogP contribution >= 0.6 is 11.3 Å². The maximum Gasteiger partial charge on any atom is 0.301 e. The standard InChI is InChI=1S/C29H24N2O4S/c1-18-6-8-21(9-7-18)25-24(27(33)28(34)31(25)29-30-14-15-36-29)26(32)22-10-12-23(13-11-22)35-17-20-5-3-4-19(2)16-20/h3-16,25,32H,17H2,1-2H3/b26-24+/t25-/m1/s1. The Morgan fingerprint density at radius 1 is 1.00 bits per heavy atom. The molecule has 1 aliphatic rings. The lowest BCUT2D eigenvalue weighted by Gasteiger charge is -2.23. The summed E-state index contributed by atoms with van der Waals surface area (Å²) in [7, 11) is 0. The highest BCUT2D eigenvalue weighted by atomic mass is 32.1. The van der Waals surface area contributed by atoms with E-state index < -0.39 is 17.7 Å². The number of hydrogen-bond acceptors (Lipinski definition) is 6. The number of benzene rings is 3. The van der Waals surface area contributed by atoms with Crippen molar-refractivity contribution in [3.63, 3.8) is 0 Å². The van der Waals surface area contributed by atoms with E-state index >= 15 is 0 Å². The van der Waals surface area contributed by atoms with E-state index in [1.807, 2.05) is 56.3 Å². The lowest BCUT2D eigenvalue weighted by molar-refractivity contribution is -0.132. The second-order valence-corrected chi connectivity index (χ2v) is 9.57. The van der Waals surface area contributed by atoms with Crippen molar-refractivity contribution in [3.8, 4) is 5.75 Å². The summed E-state index contributed by atoms with van der Waals surface area (Å²) in [4.78, 5) is 31.9. The monoisotopic (exact) mass is 496 g/mol. The van der Waals surface area contributed by atoms with E-state index in [9.17, 15) is 14.7 Å². The molecule has 1 N–H and O–H groups in total. The SMILES string of the molecule is Cc1ccc([C@@H]2/C(=C(\O)c3ccc(OCc4cccc(C)c4)cc3)C(=O)C(=O)N2c2nccs2)cc1. The first-order valence-electron chi connectivity index (χ1n) is 11.5. The Kier molecular flexibility index (Phi) is 6.40. The number of aryl methyl sites for hydroxylation is 2. The van der Waals surface area contributed by atoms with Crippen LogP contribution in [0.2, 0.25) is 0 Å². The van der Waals surface area contributed by atoms with Gasteiger partial charge in [-0.1, -0.05) is 59.7 Å². The summed E-state index contributed by atoms with van der Waals surface area (Å²) < 4.78 is 5.88. The molecule has 1 amide bonds. The van der Waals surface area contributed by atoms with E-state index in [-0.39, 0.29) is 11.3 Å². The Hall–Kier alpha value is -4.23. The number of thiazole rings is 1. The van der Waals surface area contributed by atoms with Gasteiger partial charge in [0.25, 0.3) is 5.78 Å². The average Bonchev–Trinajstić information content (AvgIpc) is 3.50. The lowest BCUT2D eigenvalue weighted by atomic mass is 9.95. The highest BCUT2D eigenvalue weighted by molar-refractivity contribution is 7.14. The van der Waals surface area contributed by atoms with E-state index in [2.05, 4.69) is 11.1 Å². The van der Waals surface area contributed by atoms with Crippen LogP contribution in [-0.4, -0.2) is 21.8 Å². The van der Waals surface area contributed by atoms with Crippen LogP contribution in [0.4, 0.5) is 5.13 Å². The first-order valence-corrected chi connectivity index (χ1v) is 12.4. The van der Waals surface area contributed by atoms with Crippen molar-refractivity contribution in [2.45, 2.75) is 26.5 Å². The minimum absolute atomic E-state index is 0.0347. The number of aromatic nitrogens is 1. The van der Waals surface area contributed by atoms with Gasteiger partial charge in [0.1, 0.15) is 18.1 Å². The van der Waals surface area contributed by atoms with Crippen molar-refractivity contribution in [1.82, 2.24) is 4.98 Å². The molecule has 0 saturated carbocycles. The van der Waals surface area contributed by atoms with Crippen molar-refractivity contribution in [2.75, 3.05) is 4.90 Å². The molecule has 3 aromatic carbocycles. The Labute approximate surface area is 213 Å². The second kappa shape index (κ2) is 9.79. The van der Waals surface area contributed by atoms with Gasteiger partial charge in [-0.2, -0.15) is 0 Å². The van der Waals surface area contributed by atoms with Crippen LogP contribution in [0, 0.1) is 13.8 Å². The van der Waals surface area contributed by atoms with Crippen LogP contribution in [0.5, 0.6) is 5.75 Å². The van der Waals surface area contributed by atoms with Gasteiger partial charge in [-0.3, -0.25) is 14.5 Å². The molecule has 2 heterocycles. The maximum atomic E-state index is 13.2. The minimum atomic E-state index is -0.783. The minimum Gasteiger partial charge on any atom is -0.507 e. The third-order valence-corrected chi connectivity index (χ3v) is 6.85. The van der Waals surface area contributed by atoms with Crippen molar-refractivity contribution < 1.29 is 19.4 Å². The fourth-order valence-corrected chi connectivity index (χ4v) is 4.93. The number of aliphatic hydroxyl groups excluding tert-OH is 1. The summed E-state index contributed by atoms with van der Waals surface area (Å²) in [5.74, 6) is -1.06. The lowest BCUT2D eigenvalue weighted by Crippen LogP contribution is -2.29. The topological polar surface area (TPSA) is 79.7 Å². The highest BCUT2D eigenvalue weighted by Gasteiger charge is 2.47. The molecule has 6 nitrogen and oxygen atoms in total. The zero-order chi connectivity index (χ0) is 25.2. The predicted molar refractivity (Wildman–Crippen MR) is 140 cm³/mol. The Morgan fingerprint density at radius 2 is 1.75 bits per heavy atom. The Morgan fingerprint density at radius 3 is 2.42 bits per heavy atom. The van der Waals surface area contributed by atoms with E-state index in [4.69, 9.17) is 4.74 Å². The molecule has 1 saturated heterocycles. The van der Waals surface area contributed by atoms with Crippen LogP contribution in [0.1, 0.15) is 33.9 Å². The Bertz CT molecular complexity index is 1440. The van der Waals surface area contributed by atoms with Gasteiger partial charge >= 0.3 is 5.91 Å². The molecule has 0 unspecified atom stereocenters. The number of Topliss-reactive ketones (excluding diaryl/α,β-unsaturated/α-hetero) is 1. The fourth-order valence-electron chi connectivity index (χ4n) is 4.26. The summed E-state index contributed by atoms with van der Waals surface area (Å²) in [6.45, 7) is 4.41. The van der Waals surface area contributed by atoms with E-state index in [0.29, 0.717) is 23.1 Å². The van der Waals surface area contributed by atoms with Gasteiger partial charge in [0.2, 0.25) is 0 Å². The summed E-state index contributed by atoms with van der Waals surface area (Å²) in [6.07, 6.45) is 1.58. The molecular formula is C29H24N2O4S. The number of nitrogens with zero attached hydrogens (tertiary/aromatic N) is 2. The van der Waals surface area contributed by atoms with E-state index in [1.165, 1.54) is 16.2 Å².